The number of aryl methyl sites for hydroxylation is 1. The number of aromatic nitrogens is 2. The molecule has 0 atom stereocenters. The lowest BCUT2D eigenvalue weighted by Gasteiger charge is -2.14. The second kappa shape index (κ2) is 7.70. The van der Waals surface area contributed by atoms with Gasteiger partial charge in [0.25, 0.3) is 0 Å². The molecule has 0 radical (unpaired) electrons. The summed E-state index contributed by atoms with van der Waals surface area (Å²) in [6.45, 7) is 1.24. The smallest absolute Gasteiger partial charge is 0.191 e. The third-order valence-electron chi connectivity index (χ3n) is 3.28. The van der Waals surface area contributed by atoms with Crippen molar-refractivity contribution in [2.45, 2.75) is 13.1 Å². The summed E-state index contributed by atoms with van der Waals surface area (Å²) >= 11 is 5.96. The van der Waals surface area contributed by atoms with Crippen LogP contribution in [0, 0.1) is 0 Å². The van der Waals surface area contributed by atoms with E-state index in [0.717, 1.165) is 17.0 Å². The Hall–Kier alpha value is -2.21. The topological polar surface area (TPSA) is 63.5 Å². The highest BCUT2D eigenvalue weighted by molar-refractivity contribution is 6.30. The number of ether oxygens (including phenoxy) is 1. The molecule has 0 fully saturated rings. The van der Waals surface area contributed by atoms with Crippen LogP contribution in [0.3, 0.4) is 0 Å². The molecule has 0 bridgehead atoms. The molecule has 0 saturated carbocycles. The third kappa shape index (κ3) is 4.14. The minimum absolute atomic E-state index is 0.589. The summed E-state index contributed by atoms with van der Waals surface area (Å²) in [6, 6.07) is 7.53. The predicted octanol–water partition coefficient (Wildman–Crippen LogP) is 1.95. The molecule has 118 valence electrons. The van der Waals surface area contributed by atoms with E-state index < -0.39 is 0 Å². The minimum Gasteiger partial charge on any atom is -0.496 e. The second-order valence-electron chi connectivity index (χ2n) is 4.68. The molecule has 0 aliphatic heterocycles. The Balaban J connectivity index is 1.93. The van der Waals surface area contributed by atoms with Gasteiger partial charge in [-0.1, -0.05) is 17.7 Å². The van der Waals surface area contributed by atoms with Crippen LogP contribution in [0.2, 0.25) is 5.02 Å². The fourth-order valence-electron chi connectivity index (χ4n) is 2.01. The number of hydrogen-bond donors (Lipinski definition) is 2. The van der Waals surface area contributed by atoms with Crippen molar-refractivity contribution in [2.75, 3.05) is 14.2 Å². The van der Waals surface area contributed by atoms with Crippen LogP contribution >= 0.6 is 11.6 Å². The molecule has 0 spiro atoms. The molecule has 0 aliphatic carbocycles. The zero-order valence-electron chi connectivity index (χ0n) is 12.9. The highest BCUT2D eigenvalue weighted by Crippen LogP contribution is 2.22. The summed E-state index contributed by atoms with van der Waals surface area (Å²) in [5.41, 5.74) is 2.09. The molecule has 2 N–H and O–H groups in total. The number of rotatable bonds is 5. The first-order valence-electron chi connectivity index (χ1n) is 6.88. The van der Waals surface area contributed by atoms with Crippen LogP contribution in [-0.2, 0) is 20.1 Å². The van der Waals surface area contributed by atoms with Gasteiger partial charge in [0, 0.05) is 37.4 Å². The van der Waals surface area contributed by atoms with Gasteiger partial charge in [-0.05, 0) is 18.2 Å². The van der Waals surface area contributed by atoms with Crippen molar-refractivity contribution in [1.29, 1.82) is 0 Å². The zero-order chi connectivity index (χ0) is 15.9. The van der Waals surface area contributed by atoms with Crippen molar-refractivity contribution < 1.29 is 4.74 Å². The molecular formula is C15H20ClN5O. The Morgan fingerprint density at radius 3 is 2.73 bits per heavy atom. The van der Waals surface area contributed by atoms with Gasteiger partial charge in [-0.2, -0.15) is 5.10 Å². The summed E-state index contributed by atoms with van der Waals surface area (Å²) in [4.78, 5) is 4.20. The summed E-state index contributed by atoms with van der Waals surface area (Å²) in [5, 5.41) is 11.3. The lowest BCUT2D eigenvalue weighted by atomic mass is 10.2. The van der Waals surface area contributed by atoms with Crippen molar-refractivity contribution in [3.05, 3.63) is 46.7 Å². The van der Waals surface area contributed by atoms with Crippen LogP contribution in [0.25, 0.3) is 0 Å². The van der Waals surface area contributed by atoms with Crippen molar-refractivity contribution in [2.24, 2.45) is 12.0 Å². The number of guanidine groups is 1. The molecule has 2 aromatic rings. The number of methoxy groups -OCH3 is 1. The molecule has 1 heterocycles. The Morgan fingerprint density at radius 2 is 2.09 bits per heavy atom. The number of halogens is 1. The average molecular weight is 322 g/mol. The molecule has 22 heavy (non-hydrogen) atoms. The SMILES string of the molecule is CN=C(NCc1ccc(Cl)cc1OC)NCc1ccnn1C. The molecular weight excluding hydrogens is 302 g/mol. The molecule has 1 aromatic heterocycles. The molecule has 0 saturated heterocycles. The van der Waals surface area contributed by atoms with E-state index in [9.17, 15) is 0 Å². The Morgan fingerprint density at radius 1 is 1.32 bits per heavy atom. The van der Waals surface area contributed by atoms with Crippen molar-refractivity contribution in [1.82, 2.24) is 20.4 Å². The normalized spacial score (nSPS) is 11.4. The number of benzene rings is 1. The Labute approximate surface area is 135 Å². The van der Waals surface area contributed by atoms with Gasteiger partial charge in [0.2, 0.25) is 0 Å². The van der Waals surface area contributed by atoms with Crippen molar-refractivity contribution in [3.8, 4) is 5.75 Å². The van der Waals surface area contributed by atoms with Gasteiger partial charge >= 0.3 is 0 Å². The minimum atomic E-state index is 0.589. The molecule has 7 heteroatoms. The fraction of sp³-hybridized carbons (Fsp3) is 0.333. The van der Waals surface area contributed by atoms with E-state index in [1.54, 1.807) is 26.4 Å². The van der Waals surface area contributed by atoms with Gasteiger partial charge < -0.3 is 15.4 Å². The lowest BCUT2D eigenvalue weighted by molar-refractivity contribution is 0.409. The van der Waals surface area contributed by atoms with E-state index in [2.05, 4.69) is 20.7 Å². The zero-order valence-corrected chi connectivity index (χ0v) is 13.7. The summed E-state index contributed by atoms with van der Waals surface area (Å²) in [5.74, 6) is 1.46. The number of nitrogens with zero attached hydrogens (tertiary/aromatic N) is 3. The number of nitrogens with one attached hydrogen (secondary N) is 2. The molecule has 0 aliphatic rings. The quantitative estimate of drug-likeness (QED) is 0.652. The first-order valence-corrected chi connectivity index (χ1v) is 7.25. The van der Waals surface area contributed by atoms with Crippen molar-refractivity contribution >= 4 is 17.6 Å². The van der Waals surface area contributed by atoms with E-state index in [4.69, 9.17) is 16.3 Å². The molecule has 0 unspecified atom stereocenters. The monoisotopic (exact) mass is 321 g/mol. The van der Waals surface area contributed by atoms with Gasteiger partial charge in [-0.25, -0.2) is 0 Å². The predicted molar refractivity (Wildman–Crippen MR) is 88.3 cm³/mol. The van der Waals surface area contributed by atoms with E-state index >= 15 is 0 Å². The highest BCUT2D eigenvalue weighted by atomic mass is 35.5. The second-order valence-corrected chi connectivity index (χ2v) is 5.12. The van der Waals surface area contributed by atoms with Gasteiger partial charge in [0.15, 0.2) is 5.96 Å². The standard InChI is InChI=1S/C15H20ClN5O/c1-17-15(19-10-13-6-7-20-21(13)2)18-9-11-4-5-12(16)8-14(11)22-3/h4-8H,9-10H2,1-3H3,(H2,17,18,19). The van der Waals surface area contributed by atoms with Crippen LogP contribution in [0.4, 0.5) is 0 Å². The van der Waals surface area contributed by atoms with E-state index in [0.29, 0.717) is 24.1 Å². The fourth-order valence-corrected chi connectivity index (χ4v) is 2.18. The molecule has 1 aromatic carbocycles. The van der Waals surface area contributed by atoms with Crippen LogP contribution in [0.5, 0.6) is 5.75 Å². The van der Waals surface area contributed by atoms with Gasteiger partial charge in [-0.3, -0.25) is 9.67 Å². The first-order chi connectivity index (χ1) is 10.6. The summed E-state index contributed by atoms with van der Waals surface area (Å²) < 4.78 is 7.15. The Kier molecular flexibility index (Phi) is 5.66. The lowest BCUT2D eigenvalue weighted by Crippen LogP contribution is -2.36. The van der Waals surface area contributed by atoms with Gasteiger partial charge in [0.05, 0.1) is 19.3 Å². The van der Waals surface area contributed by atoms with Crippen molar-refractivity contribution in [3.63, 3.8) is 0 Å². The summed E-state index contributed by atoms with van der Waals surface area (Å²) in [7, 11) is 5.27. The number of hydrogen-bond acceptors (Lipinski definition) is 3. The largest absolute Gasteiger partial charge is 0.496 e. The van der Waals surface area contributed by atoms with Crippen LogP contribution in [0.1, 0.15) is 11.3 Å². The highest BCUT2D eigenvalue weighted by Gasteiger charge is 2.06. The first kappa shape index (κ1) is 16.2. The van der Waals surface area contributed by atoms with E-state index in [-0.39, 0.29) is 0 Å². The van der Waals surface area contributed by atoms with Crippen LogP contribution < -0.4 is 15.4 Å². The number of aliphatic imine (C=N–C) groups is 1. The maximum absolute atomic E-state index is 5.96. The third-order valence-corrected chi connectivity index (χ3v) is 3.51. The van der Waals surface area contributed by atoms with E-state index in [1.165, 1.54) is 0 Å². The molecule has 0 amide bonds. The van der Waals surface area contributed by atoms with Crippen LogP contribution in [-0.4, -0.2) is 29.9 Å². The Bertz CT molecular complexity index is 653. The maximum Gasteiger partial charge on any atom is 0.191 e. The van der Waals surface area contributed by atoms with Gasteiger partial charge in [-0.15, -0.1) is 0 Å². The van der Waals surface area contributed by atoms with E-state index in [1.807, 2.05) is 29.9 Å². The average Bonchev–Trinajstić information content (AvgIpc) is 2.93. The molecule has 2 rings (SSSR count). The van der Waals surface area contributed by atoms with Gasteiger partial charge in [0.1, 0.15) is 5.75 Å². The summed E-state index contributed by atoms with van der Waals surface area (Å²) in [6.07, 6.45) is 1.77. The maximum atomic E-state index is 5.96. The molecule has 6 nitrogen and oxygen atoms in total. The van der Waals surface area contributed by atoms with Crippen LogP contribution in [0.15, 0.2) is 35.5 Å².